The molecule has 0 radical (unpaired) electrons. The summed E-state index contributed by atoms with van der Waals surface area (Å²) in [5.41, 5.74) is 0.649. The third kappa shape index (κ3) is 5.87. The molecule has 0 aliphatic rings. The second kappa shape index (κ2) is 8.35. The normalized spacial score (nSPS) is 10.4. The van der Waals surface area contributed by atoms with E-state index in [0.717, 1.165) is 6.54 Å². The van der Waals surface area contributed by atoms with Gasteiger partial charge >= 0.3 is 0 Å². The van der Waals surface area contributed by atoms with E-state index in [-0.39, 0.29) is 11.8 Å². The minimum absolute atomic E-state index is 0.0893. The van der Waals surface area contributed by atoms with Gasteiger partial charge in [0, 0.05) is 32.1 Å². The molecule has 1 rings (SSSR count). The van der Waals surface area contributed by atoms with Crippen LogP contribution in [0.1, 0.15) is 37.0 Å². The molecule has 1 N–H and O–H groups in total. The molecule has 0 atom stereocenters. The fourth-order valence-electron chi connectivity index (χ4n) is 1.97. The Morgan fingerprint density at radius 2 is 1.85 bits per heavy atom. The van der Waals surface area contributed by atoms with Gasteiger partial charge in [-0.3, -0.25) is 9.59 Å². The second-order valence-electron chi connectivity index (χ2n) is 5.39. The number of nitrogens with zero attached hydrogens (tertiary/aromatic N) is 1. The van der Waals surface area contributed by atoms with E-state index >= 15 is 0 Å². The largest absolute Gasteiger partial charge is 0.352 e. The van der Waals surface area contributed by atoms with Gasteiger partial charge in [0.1, 0.15) is 0 Å². The van der Waals surface area contributed by atoms with Crippen molar-refractivity contribution in [3.05, 3.63) is 35.9 Å². The van der Waals surface area contributed by atoms with Crippen molar-refractivity contribution in [3.63, 3.8) is 0 Å². The lowest BCUT2D eigenvalue weighted by atomic mass is 10.2. The Labute approximate surface area is 121 Å². The molecule has 1 aromatic rings. The molecule has 0 spiro atoms. The maximum absolute atomic E-state index is 11.8. The molecule has 0 fully saturated rings. The van der Waals surface area contributed by atoms with Crippen LogP contribution in [0.2, 0.25) is 0 Å². The van der Waals surface area contributed by atoms with Crippen molar-refractivity contribution in [1.82, 2.24) is 10.2 Å². The van der Waals surface area contributed by atoms with Crippen LogP contribution in [-0.4, -0.2) is 36.9 Å². The first-order chi connectivity index (χ1) is 9.50. The van der Waals surface area contributed by atoms with E-state index in [1.165, 1.54) is 0 Å². The lowest BCUT2D eigenvalue weighted by molar-refractivity contribution is -0.130. The summed E-state index contributed by atoms with van der Waals surface area (Å²) in [6, 6.07) is 9.09. The fraction of sp³-hybridized carbons (Fsp3) is 0.500. The number of hydrogen-bond acceptors (Lipinski definition) is 2. The minimum atomic E-state index is -0.0893. The van der Waals surface area contributed by atoms with Crippen LogP contribution < -0.4 is 5.32 Å². The second-order valence-corrected chi connectivity index (χ2v) is 5.39. The molecule has 0 heterocycles. The summed E-state index contributed by atoms with van der Waals surface area (Å²) >= 11 is 0. The highest BCUT2D eigenvalue weighted by Gasteiger charge is 2.10. The van der Waals surface area contributed by atoms with Crippen LogP contribution in [0.3, 0.4) is 0 Å². The summed E-state index contributed by atoms with van der Waals surface area (Å²) in [6.07, 6.45) is 1.14. The molecule has 110 valence electrons. The Morgan fingerprint density at radius 1 is 1.20 bits per heavy atom. The van der Waals surface area contributed by atoms with Crippen molar-refractivity contribution < 1.29 is 9.59 Å². The van der Waals surface area contributed by atoms with Crippen LogP contribution in [0.4, 0.5) is 0 Å². The van der Waals surface area contributed by atoms with Crippen LogP contribution in [-0.2, 0) is 4.79 Å². The average Bonchev–Trinajstić information content (AvgIpc) is 2.43. The third-order valence-electron chi connectivity index (χ3n) is 2.95. The number of nitrogens with one attached hydrogen (secondary N) is 1. The third-order valence-corrected chi connectivity index (χ3v) is 2.95. The fourth-order valence-corrected chi connectivity index (χ4v) is 1.97. The maximum Gasteiger partial charge on any atom is 0.251 e. The Balaban J connectivity index is 2.22. The SMILES string of the molecule is CC(C)CN(C)C(=O)CCCNC(=O)c1ccccc1. The maximum atomic E-state index is 11.8. The Hall–Kier alpha value is -1.84. The van der Waals surface area contributed by atoms with Crippen molar-refractivity contribution >= 4 is 11.8 Å². The summed E-state index contributed by atoms with van der Waals surface area (Å²) in [6.45, 7) is 5.47. The summed E-state index contributed by atoms with van der Waals surface area (Å²) in [5.74, 6) is 0.517. The minimum Gasteiger partial charge on any atom is -0.352 e. The summed E-state index contributed by atoms with van der Waals surface area (Å²) in [4.78, 5) is 25.3. The molecule has 0 saturated carbocycles. The first-order valence-corrected chi connectivity index (χ1v) is 7.08. The Kier molecular flexibility index (Phi) is 6.77. The molecule has 0 aromatic heterocycles. The number of hydrogen-bond donors (Lipinski definition) is 1. The monoisotopic (exact) mass is 276 g/mol. The van der Waals surface area contributed by atoms with E-state index in [0.29, 0.717) is 30.9 Å². The van der Waals surface area contributed by atoms with Crippen molar-refractivity contribution in [2.75, 3.05) is 20.1 Å². The molecule has 4 nitrogen and oxygen atoms in total. The first kappa shape index (κ1) is 16.2. The van der Waals surface area contributed by atoms with Crippen LogP contribution in [0, 0.1) is 5.92 Å². The molecular formula is C16H24N2O2. The van der Waals surface area contributed by atoms with Crippen LogP contribution in [0.5, 0.6) is 0 Å². The zero-order valence-corrected chi connectivity index (χ0v) is 12.6. The first-order valence-electron chi connectivity index (χ1n) is 7.08. The van der Waals surface area contributed by atoms with Gasteiger partial charge in [-0.2, -0.15) is 0 Å². The van der Waals surface area contributed by atoms with Gasteiger partial charge in [-0.1, -0.05) is 32.0 Å². The number of carbonyl (C=O) groups is 2. The van der Waals surface area contributed by atoms with Gasteiger partial charge in [-0.25, -0.2) is 0 Å². The molecule has 0 bridgehead atoms. The van der Waals surface area contributed by atoms with Crippen molar-refractivity contribution in [3.8, 4) is 0 Å². The van der Waals surface area contributed by atoms with E-state index in [4.69, 9.17) is 0 Å². The molecule has 1 aromatic carbocycles. The summed E-state index contributed by atoms with van der Waals surface area (Å²) in [5, 5.41) is 2.82. The summed E-state index contributed by atoms with van der Waals surface area (Å²) in [7, 11) is 1.82. The molecule has 0 unspecified atom stereocenters. The highest BCUT2D eigenvalue weighted by atomic mass is 16.2. The topological polar surface area (TPSA) is 49.4 Å². The van der Waals surface area contributed by atoms with Gasteiger partial charge in [0.25, 0.3) is 5.91 Å². The van der Waals surface area contributed by atoms with E-state index in [9.17, 15) is 9.59 Å². The molecule has 0 aliphatic heterocycles. The van der Waals surface area contributed by atoms with E-state index < -0.39 is 0 Å². The van der Waals surface area contributed by atoms with Crippen molar-refractivity contribution in [2.45, 2.75) is 26.7 Å². The molecule has 0 aliphatic carbocycles. The molecule has 0 saturated heterocycles. The summed E-state index contributed by atoms with van der Waals surface area (Å²) < 4.78 is 0. The molecule has 4 heteroatoms. The number of amides is 2. The average molecular weight is 276 g/mol. The van der Waals surface area contributed by atoms with Gasteiger partial charge < -0.3 is 10.2 Å². The van der Waals surface area contributed by atoms with Gasteiger partial charge in [0.2, 0.25) is 5.91 Å². The van der Waals surface area contributed by atoms with E-state index in [1.807, 2.05) is 25.2 Å². The predicted octanol–water partition coefficient (Wildman–Crippen LogP) is 2.31. The predicted molar refractivity (Wildman–Crippen MR) is 80.5 cm³/mol. The Morgan fingerprint density at radius 3 is 2.45 bits per heavy atom. The van der Waals surface area contributed by atoms with Crippen LogP contribution >= 0.6 is 0 Å². The number of benzene rings is 1. The van der Waals surface area contributed by atoms with Crippen molar-refractivity contribution in [2.24, 2.45) is 5.92 Å². The van der Waals surface area contributed by atoms with Crippen LogP contribution in [0.15, 0.2) is 30.3 Å². The lowest BCUT2D eigenvalue weighted by Gasteiger charge is -2.19. The van der Waals surface area contributed by atoms with Gasteiger partial charge in [-0.05, 0) is 24.5 Å². The van der Waals surface area contributed by atoms with Crippen LogP contribution in [0.25, 0.3) is 0 Å². The smallest absolute Gasteiger partial charge is 0.251 e. The zero-order chi connectivity index (χ0) is 15.0. The standard InChI is InChI=1S/C16H24N2O2/c1-13(2)12-18(3)15(19)10-7-11-17-16(20)14-8-5-4-6-9-14/h4-6,8-9,13H,7,10-12H2,1-3H3,(H,17,20). The van der Waals surface area contributed by atoms with Gasteiger partial charge in [0.15, 0.2) is 0 Å². The van der Waals surface area contributed by atoms with Gasteiger partial charge in [0.05, 0.1) is 0 Å². The molecule has 20 heavy (non-hydrogen) atoms. The zero-order valence-electron chi connectivity index (χ0n) is 12.6. The molecule has 2 amide bonds. The highest BCUT2D eigenvalue weighted by Crippen LogP contribution is 2.01. The highest BCUT2D eigenvalue weighted by molar-refractivity contribution is 5.94. The lowest BCUT2D eigenvalue weighted by Crippen LogP contribution is -2.31. The number of rotatable bonds is 7. The quantitative estimate of drug-likeness (QED) is 0.777. The van der Waals surface area contributed by atoms with E-state index in [1.54, 1.807) is 17.0 Å². The molecular weight excluding hydrogens is 252 g/mol. The number of carbonyl (C=O) groups excluding carboxylic acids is 2. The Bertz CT molecular complexity index is 429. The van der Waals surface area contributed by atoms with E-state index in [2.05, 4.69) is 19.2 Å². The van der Waals surface area contributed by atoms with Gasteiger partial charge in [-0.15, -0.1) is 0 Å². The van der Waals surface area contributed by atoms with Crippen molar-refractivity contribution in [1.29, 1.82) is 0 Å².